The standard InChI is InChI=1S/C18H19NO4S/c1-13(18(19)21)22-14-7-9-15(10-8-14)23-17(20)11-12-24-16-5-3-2-4-6-16/h2-10,13H,11-12H2,1H3,(H2,19,21)/t13-/m0/s1. The van der Waals surface area contributed by atoms with Gasteiger partial charge in [0.15, 0.2) is 6.10 Å². The summed E-state index contributed by atoms with van der Waals surface area (Å²) in [5.41, 5.74) is 5.13. The number of esters is 1. The predicted octanol–water partition coefficient (Wildman–Crippen LogP) is 3.03. The molecule has 0 aliphatic rings. The Labute approximate surface area is 145 Å². The summed E-state index contributed by atoms with van der Waals surface area (Å²) in [7, 11) is 0. The lowest BCUT2D eigenvalue weighted by Crippen LogP contribution is -2.30. The third-order valence-electron chi connectivity index (χ3n) is 3.09. The molecule has 0 spiro atoms. The summed E-state index contributed by atoms with van der Waals surface area (Å²) in [6.07, 6.45) is -0.398. The second-order valence-corrected chi connectivity index (χ2v) is 6.19. The van der Waals surface area contributed by atoms with Crippen LogP contribution in [0.25, 0.3) is 0 Å². The number of carbonyl (C=O) groups is 2. The fourth-order valence-electron chi connectivity index (χ4n) is 1.80. The fourth-order valence-corrected chi connectivity index (χ4v) is 2.65. The number of primary amides is 1. The summed E-state index contributed by atoms with van der Waals surface area (Å²) >= 11 is 1.61. The second kappa shape index (κ2) is 8.98. The highest BCUT2D eigenvalue weighted by atomic mass is 32.2. The molecule has 0 radical (unpaired) electrons. The van der Waals surface area contributed by atoms with E-state index in [0.29, 0.717) is 23.7 Å². The van der Waals surface area contributed by atoms with Gasteiger partial charge in [0.1, 0.15) is 11.5 Å². The third-order valence-corrected chi connectivity index (χ3v) is 4.10. The van der Waals surface area contributed by atoms with E-state index in [2.05, 4.69) is 0 Å². The molecule has 0 heterocycles. The SMILES string of the molecule is C[C@H](Oc1ccc(OC(=O)CCSc2ccccc2)cc1)C(N)=O. The van der Waals surface area contributed by atoms with Crippen molar-refractivity contribution >= 4 is 23.6 Å². The molecule has 2 rings (SSSR count). The van der Waals surface area contributed by atoms with Gasteiger partial charge in [-0.1, -0.05) is 18.2 Å². The van der Waals surface area contributed by atoms with Crippen molar-refractivity contribution in [2.24, 2.45) is 5.73 Å². The fraction of sp³-hybridized carbons (Fsp3) is 0.222. The maximum Gasteiger partial charge on any atom is 0.312 e. The lowest BCUT2D eigenvalue weighted by molar-refractivity contribution is -0.133. The number of thioether (sulfide) groups is 1. The minimum Gasteiger partial charge on any atom is -0.481 e. The Kier molecular flexibility index (Phi) is 6.69. The first-order chi connectivity index (χ1) is 11.5. The van der Waals surface area contributed by atoms with Crippen molar-refractivity contribution in [3.63, 3.8) is 0 Å². The smallest absolute Gasteiger partial charge is 0.312 e. The Morgan fingerprint density at radius 2 is 1.67 bits per heavy atom. The van der Waals surface area contributed by atoms with Gasteiger partial charge in [-0.3, -0.25) is 9.59 Å². The van der Waals surface area contributed by atoms with E-state index in [0.717, 1.165) is 4.90 Å². The van der Waals surface area contributed by atoms with Gasteiger partial charge in [0.05, 0.1) is 6.42 Å². The van der Waals surface area contributed by atoms with Gasteiger partial charge >= 0.3 is 5.97 Å². The number of ether oxygens (including phenoxy) is 2. The molecule has 1 amide bonds. The molecular formula is C18H19NO4S. The number of hydrogen-bond acceptors (Lipinski definition) is 5. The van der Waals surface area contributed by atoms with Crippen LogP contribution >= 0.6 is 11.8 Å². The molecular weight excluding hydrogens is 326 g/mol. The zero-order valence-electron chi connectivity index (χ0n) is 13.3. The van der Waals surface area contributed by atoms with E-state index in [4.69, 9.17) is 15.2 Å². The van der Waals surface area contributed by atoms with Crippen molar-refractivity contribution in [1.82, 2.24) is 0 Å². The lowest BCUT2D eigenvalue weighted by atomic mass is 10.3. The minimum absolute atomic E-state index is 0.294. The third kappa shape index (κ3) is 5.96. The van der Waals surface area contributed by atoms with Crippen LogP contribution in [0.15, 0.2) is 59.5 Å². The van der Waals surface area contributed by atoms with E-state index in [1.807, 2.05) is 30.3 Å². The normalized spacial score (nSPS) is 11.5. The highest BCUT2D eigenvalue weighted by molar-refractivity contribution is 7.99. The van der Waals surface area contributed by atoms with Crippen LogP contribution in [0, 0.1) is 0 Å². The van der Waals surface area contributed by atoms with Gasteiger partial charge in [0, 0.05) is 10.6 Å². The van der Waals surface area contributed by atoms with Crippen LogP contribution in [0.1, 0.15) is 13.3 Å². The average molecular weight is 345 g/mol. The summed E-state index contributed by atoms with van der Waals surface area (Å²) in [5.74, 6) is 0.740. The number of hydrogen-bond donors (Lipinski definition) is 1. The van der Waals surface area contributed by atoms with E-state index >= 15 is 0 Å². The molecule has 0 saturated carbocycles. The van der Waals surface area contributed by atoms with Gasteiger partial charge in [-0.25, -0.2) is 0 Å². The molecule has 0 saturated heterocycles. The highest BCUT2D eigenvalue weighted by Crippen LogP contribution is 2.21. The van der Waals surface area contributed by atoms with Crippen molar-refractivity contribution in [2.45, 2.75) is 24.3 Å². The molecule has 0 aliphatic carbocycles. The van der Waals surface area contributed by atoms with Crippen LogP contribution in [0.5, 0.6) is 11.5 Å². The molecule has 2 N–H and O–H groups in total. The van der Waals surface area contributed by atoms with E-state index in [-0.39, 0.29) is 5.97 Å². The van der Waals surface area contributed by atoms with Crippen LogP contribution in [0.4, 0.5) is 0 Å². The van der Waals surface area contributed by atoms with Crippen molar-refractivity contribution < 1.29 is 19.1 Å². The molecule has 0 aliphatic heterocycles. The van der Waals surface area contributed by atoms with Crippen LogP contribution in [-0.4, -0.2) is 23.7 Å². The van der Waals surface area contributed by atoms with Gasteiger partial charge in [0.2, 0.25) is 0 Å². The molecule has 5 nitrogen and oxygen atoms in total. The zero-order valence-corrected chi connectivity index (χ0v) is 14.1. The topological polar surface area (TPSA) is 78.6 Å². The highest BCUT2D eigenvalue weighted by Gasteiger charge is 2.10. The largest absolute Gasteiger partial charge is 0.481 e. The van der Waals surface area contributed by atoms with Crippen LogP contribution in [0.2, 0.25) is 0 Å². The number of amides is 1. The molecule has 2 aromatic rings. The van der Waals surface area contributed by atoms with E-state index in [9.17, 15) is 9.59 Å². The Balaban J connectivity index is 1.76. The first kappa shape index (κ1) is 17.9. The maximum absolute atomic E-state index is 11.8. The van der Waals surface area contributed by atoms with Crippen LogP contribution in [0.3, 0.4) is 0 Å². The predicted molar refractivity (Wildman–Crippen MR) is 93.1 cm³/mol. The Hall–Kier alpha value is -2.47. The van der Waals surface area contributed by atoms with Crippen molar-refractivity contribution in [2.75, 3.05) is 5.75 Å². The molecule has 0 unspecified atom stereocenters. The first-order valence-electron chi connectivity index (χ1n) is 7.49. The summed E-state index contributed by atoms with van der Waals surface area (Å²) < 4.78 is 10.6. The minimum atomic E-state index is -0.714. The van der Waals surface area contributed by atoms with Crippen molar-refractivity contribution in [1.29, 1.82) is 0 Å². The van der Waals surface area contributed by atoms with Crippen LogP contribution in [-0.2, 0) is 9.59 Å². The summed E-state index contributed by atoms with van der Waals surface area (Å²) in [6, 6.07) is 16.4. The summed E-state index contributed by atoms with van der Waals surface area (Å²) in [5, 5.41) is 0. The van der Waals surface area contributed by atoms with Gasteiger partial charge in [-0.05, 0) is 43.3 Å². The molecule has 0 fully saturated rings. The number of benzene rings is 2. The number of carbonyl (C=O) groups excluding carboxylic acids is 2. The lowest BCUT2D eigenvalue weighted by Gasteiger charge is -2.11. The first-order valence-corrected chi connectivity index (χ1v) is 8.48. The van der Waals surface area contributed by atoms with Crippen LogP contribution < -0.4 is 15.2 Å². The molecule has 1 atom stereocenters. The van der Waals surface area contributed by atoms with Gasteiger partial charge in [-0.15, -0.1) is 11.8 Å². The van der Waals surface area contributed by atoms with E-state index in [1.165, 1.54) is 0 Å². The molecule has 0 aromatic heterocycles. The maximum atomic E-state index is 11.8. The Morgan fingerprint density at radius 1 is 1.04 bits per heavy atom. The summed E-state index contributed by atoms with van der Waals surface area (Å²) in [4.78, 5) is 23.9. The average Bonchev–Trinajstić information content (AvgIpc) is 2.57. The Bertz CT molecular complexity index is 673. The molecule has 2 aromatic carbocycles. The molecule has 0 bridgehead atoms. The quantitative estimate of drug-likeness (QED) is 0.452. The summed E-state index contributed by atoms with van der Waals surface area (Å²) in [6.45, 7) is 1.57. The van der Waals surface area contributed by atoms with Gasteiger partial charge in [-0.2, -0.15) is 0 Å². The van der Waals surface area contributed by atoms with Gasteiger partial charge in [0.25, 0.3) is 5.91 Å². The van der Waals surface area contributed by atoms with E-state index < -0.39 is 12.0 Å². The molecule has 126 valence electrons. The number of rotatable bonds is 8. The second-order valence-electron chi connectivity index (χ2n) is 5.02. The van der Waals surface area contributed by atoms with E-state index in [1.54, 1.807) is 43.0 Å². The zero-order chi connectivity index (χ0) is 17.4. The molecule has 6 heteroatoms. The van der Waals surface area contributed by atoms with Gasteiger partial charge < -0.3 is 15.2 Å². The van der Waals surface area contributed by atoms with Crippen molar-refractivity contribution in [3.8, 4) is 11.5 Å². The monoisotopic (exact) mass is 345 g/mol. The Morgan fingerprint density at radius 3 is 2.29 bits per heavy atom. The molecule has 24 heavy (non-hydrogen) atoms. The van der Waals surface area contributed by atoms with Crippen molar-refractivity contribution in [3.05, 3.63) is 54.6 Å². The number of nitrogens with two attached hydrogens (primary N) is 1.